The van der Waals surface area contributed by atoms with Crippen LogP contribution in [0, 0.1) is 0 Å². The lowest BCUT2D eigenvalue weighted by atomic mass is 10.2. The van der Waals surface area contributed by atoms with Crippen molar-refractivity contribution >= 4 is 35.1 Å². The van der Waals surface area contributed by atoms with Crippen molar-refractivity contribution in [3.63, 3.8) is 0 Å². The SMILES string of the molecule is CN(CCOc1ccc(C=C2SC(=O)NC2=O)cc1)C(=O)OC(C)(C)C. The lowest BCUT2D eigenvalue weighted by Gasteiger charge is -2.24. The third kappa shape index (κ3) is 6.11. The molecule has 0 aromatic heterocycles. The Hall–Kier alpha value is -2.48. The molecule has 0 bridgehead atoms. The zero-order chi connectivity index (χ0) is 19.3. The van der Waals surface area contributed by atoms with E-state index in [9.17, 15) is 14.4 Å². The van der Waals surface area contributed by atoms with Gasteiger partial charge in [-0.1, -0.05) is 12.1 Å². The number of imide groups is 1. The first-order chi connectivity index (χ1) is 12.1. The van der Waals surface area contributed by atoms with Crippen LogP contribution in [0.3, 0.4) is 0 Å². The van der Waals surface area contributed by atoms with E-state index in [0.717, 1.165) is 17.3 Å². The number of hydrogen-bond donors (Lipinski definition) is 1. The molecule has 1 fully saturated rings. The summed E-state index contributed by atoms with van der Waals surface area (Å²) < 4.78 is 10.9. The second-order valence-electron chi connectivity index (χ2n) is 6.67. The summed E-state index contributed by atoms with van der Waals surface area (Å²) in [4.78, 5) is 36.3. The fraction of sp³-hybridized carbons (Fsp3) is 0.389. The van der Waals surface area contributed by atoms with Gasteiger partial charge in [-0.05, 0) is 56.3 Å². The van der Waals surface area contributed by atoms with E-state index in [-0.39, 0.29) is 11.1 Å². The third-order valence-corrected chi connectivity index (χ3v) is 4.03. The summed E-state index contributed by atoms with van der Waals surface area (Å²) >= 11 is 0.877. The van der Waals surface area contributed by atoms with Gasteiger partial charge in [0, 0.05) is 7.05 Å². The van der Waals surface area contributed by atoms with E-state index in [4.69, 9.17) is 9.47 Å². The molecule has 0 atom stereocenters. The lowest BCUT2D eigenvalue weighted by molar-refractivity contribution is -0.115. The zero-order valence-corrected chi connectivity index (χ0v) is 16.0. The minimum atomic E-state index is -0.532. The smallest absolute Gasteiger partial charge is 0.410 e. The number of benzene rings is 1. The van der Waals surface area contributed by atoms with E-state index in [2.05, 4.69) is 5.32 Å². The largest absolute Gasteiger partial charge is 0.492 e. The van der Waals surface area contributed by atoms with Crippen LogP contribution < -0.4 is 10.1 Å². The summed E-state index contributed by atoms with van der Waals surface area (Å²) in [5, 5.41) is 1.84. The minimum Gasteiger partial charge on any atom is -0.492 e. The minimum absolute atomic E-state index is 0.322. The van der Waals surface area contributed by atoms with E-state index in [1.807, 2.05) is 20.8 Å². The molecule has 1 aromatic rings. The van der Waals surface area contributed by atoms with Crippen LogP contribution in [0.15, 0.2) is 29.2 Å². The van der Waals surface area contributed by atoms with Gasteiger partial charge in [-0.15, -0.1) is 0 Å². The first-order valence-electron chi connectivity index (χ1n) is 8.06. The highest BCUT2D eigenvalue weighted by molar-refractivity contribution is 8.18. The zero-order valence-electron chi connectivity index (χ0n) is 15.2. The molecule has 140 valence electrons. The van der Waals surface area contributed by atoms with E-state index in [1.165, 1.54) is 4.90 Å². The van der Waals surface area contributed by atoms with Crippen molar-refractivity contribution in [3.05, 3.63) is 34.7 Å². The lowest BCUT2D eigenvalue weighted by Crippen LogP contribution is -2.36. The summed E-state index contributed by atoms with van der Waals surface area (Å²) in [6.07, 6.45) is 1.25. The van der Waals surface area contributed by atoms with Gasteiger partial charge >= 0.3 is 6.09 Å². The number of likely N-dealkylation sites (N-methyl/N-ethyl adjacent to an activating group) is 1. The molecular weight excluding hydrogens is 356 g/mol. The Morgan fingerprint density at radius 3 is 2.42 bits per heavy atom. The van der Waals surface area contributed by atoms with Crippen molar-refractivity contribution in [3.8, 4) is 5.75 Å². The first kappa shape index (κ1) is 19.8. The molecule has 0 unspecified atom stereocenters. The molecule has 1 N–H and O–H groups in total. The summed E-state index contributed by atoms with van der Waals surface area (Å²) in [6, 6.07) is 7.10. The van der Waals surface area contributed by atoms with E-state index < -0.39 is 11.7 Å². The van der Waals surface area contributed by atoms with Crippen LogP contribution >= 0.6 is 11.8 Å². The van der Waals surface area contributed by atoms with Gasteiger partial charge in [-0.2, -0.15) is 0 Å². The van der Waals surface area contributed by atoms with Gasteiger partial charge in [0.05, 0.1) is 11.4 Å². The van der Waals surface area contributed by atoms with Gasteiger partial charge in [0.2, 0.25) is 0 Å². The Balaban J connectivity index is 1.82. The summed E-state index contributed by atoms with van der Waals surface area (Å²) in [5.74, 6) is 0.259. The maximum absolute atomic E-state index is 11.8. The van der Waals surface area contributed by atoms with Crippen molar-refractivity contribution in [2.24, 2.45) is 0 Å². The molecule has 0 spiro atoms. The molecule has 26 heavy (non-hydrogen) atoms. The van der Waals surface area contributed by atoms with Crippen LogP contribution in [0.25, 0.3) is 6.08 Å². The molecular formula is C18H22N2O5S. The highest BCUT2D eigenvalue weighted by atomic mass is 32.2. The molecule has 8 heteroatoms. The molecule has 1 saturated heterocycles. The number of ether oxygens (including phenoxy) is 2. The second-order valence-corrected chi connectivity index (χ2v) is 7.69. The summed E-state index contributed by atoms with van der Waals surface area (Å²) in [7, 11) is 1.65. The maximum Gasteiger partial charge on any atom is 0.410 e. The number of carbonyl (C=O) groups excluding carboxylic acids is 3. The monoisotopic (exact) mass is 378 g/mol. The van der Waals surface area contributed by atoms with Gasteiger partial charge in [-0.3, -0.25) is 14.9 Å². The predicted molar refractivity (Wildman–Crippen MR) is 99.9 cm³/mol. The van der Waals surface area contributed by atoms with Gasteiger partial charge in [0.15, 0.2) is 0 Å². The number of hydrogen-bond acceptors (Lipinski definition) is 6. The number of nitrogens with zero attached hydrogens (tertiary/aromatic N) is 1. The molecule has 1 aromatic carbocycles. The Morgan fingerprint density at radius 2 is 1.88 bits per heavy atom. The molecule has 0 saturated carbocycles. The van der Waals surface area contributed by atoms with Gasteiger partial charge in [-0.25, -0.2) is 4.79 Å². The van der Waals surface area contributed by atoms with Crippen molar-refractivity contribution in [2.45, 2.75) is 26.4 Å². The average molecular weight is 378 g/mol. The average Bonchev–Trinajstić information content (AvgIpc) is 2.84. The fourth-order valence-electron chi connectivity index (χ4n) is 1.96. The highest BCUT2D eigenvalue weighted by Crippen LogP contribution is 2.26. The number of nitrogens with one attached hydrogen (secondary N) is 1. The molecule has 1 aliphatic rings. The van der Waals surface area contributed by atoms with Crippen LogP contribution in [-0.4, -0.2) is 47.9 Å². The first-order valence-corrected chi connectivity index (χ1v) is 8.87. The van der Waals surface area contributed by atoms with Crippen molar-refractivity contribution < 1.29 is 23.9 Å². The number of rotatable bonds is 5. The van der Waals surface area contributed by atoms with Gasteiger partial charge in [0.1, 0.15) is 18.0 Å². The molecule has 1 aliphatic heterocycles. The normalized spacial score (nSPS) is 15.8. The molecule has 7 nitrogen and oxygen atoms in total. The topological polar surface area (TPSA) is 84.9 Å². The number of thioether (sulfide) groups is 1. The summed E-state index contributed by atoms with van der Waals surface area (Å²) in [6.45, 7) is 6.16. The second kappa shape index (κ2) is 8.27. The molecule has 0 radical (unpaired) electrons. The van der Waals surface area contributed by atoms with E-state index >= 15 is 0 Å². The van der Waals surface area contributed by atoms with E-state index in [0.29, 0.717) is 23.8 Å². The number of amides is 3. The molecule has 1 heterocycles. The molecule has 3 amide bonds. The Bertz CT molecular complexity index is 722. The van der Waals surface area contributed by atoms with Gasteiger partial charge in [0.25, 0.3) is 11.1 Å². The van der Waals surface area contributed by atoms with E-state index in [1.54, 1.807) is 37.4 Å². The van der Waals surface area contributed by atoms with Crippen LogP contribution in [0.1, 0.15) is 26.3 Å². The fourth-order valence-corrected chi connectivity index (χ4v) is 2.65. The van der Waals surface area contributed by atoms with Crippen LogP contribution in [0.2, 0.25) is 0 Å². The highest BCUT2D eigenvalue weighted by Gasteiger charge is 2.24. The Kier molecular flexibility index (Phi) is 6.31. The maximum atomic E-state index is 11.8. The van der Waals surface area contributed by atoms with Crippen LogP contribution in [-0.2, 0) is 9.53 Å². The quantitative estimate of drug-likeness (QED) is 0.792. The van der Waals surface area contributed by atoms with Crippen LogP contribution in [0.5, 0.6) is 5.75 Å². The molecule has 2 rings (SSSR count). The Morgan fingerprint density at radius 1 is 1.23 bits per heavy atom. The van der Waals surface area contributed by atoms with Crippen LogP contribution in [0.4, 0.5) is 9.59 Å². The standard InChI is InChI=1S/C18H22N2O5S/c1-18(2,3)25-17(23)20(4)9-10-24-13-7-5-12(6-8-13)11-14-15(21)19-16(22)26-14/h5-8,11H,9-10H2,1-4H3,(H,19,21,22). The Labute approximate surface area is 156 Å². The van der Waals surface area contributed by atoms with Crippen molar-refractivity contribution in [1.29, 1.82) is 0 Å². The molecule has 0 aliphatic carbocycles. The summed E-state index contributed by atoms with van der Waals surface area (Å²) in [5.41, 5.74) is 0.255. The van der Waals surface area contributed by atoms with Crippen molar-refractivity contribution in [1.82, 2.24) is 10.2 Å². The number of carbonyl (C=O) groups is 3. The third-order valence-electron chi connectivity index (χ3n) is 3.22. The predicted octanol–water partition coefficient (Wildman–Crippen LogP) is 3.26. The van der Waals surface area contributed by atoms with Gasteiger partial charge < -0.3 is 14.4 Å². The van der Waals surface area contributed by atoms with Crippen molar-refractivity contribution in [2.75, 3.05) is 20.2 Å².